The first-order valence-electron chi connectivity index (χ1n) is 6.70. The van der Waals surface area contributed by atoms with Crippen molar-refractivity contribution in [1.82, 2.24) is 0 Å². The van der Waals surface area contributed by atoms with E-state index in [0.717, 1.165) is 0 Å². The van der Waals surface area contributed by atoms with Crippen LogP contribution in [0.3, 0.4) is 0 Å². The molecule has 0 heterocycles. The van der Waals surface area contributed by atoms with Gasteiger partial charge in [0.15, 0.2) is 0 Å². The van der Waals surface area contributed by atoms with Gasteiger partial charge in [0.25, 0.3) is 0 Å². The van der Waals surface area contributed by atoms with Crippen molar-refractivity contribution in [1.29, 1.82) is 0 Å². The number of methoxy groups -OCH3 is 1. The molecule has 0 aliphatic carbocycles. The third-order valence-electron chi connectivity index (χ3n) is 2.93. The molecule has 146 valence electrons. The lowest BCUT2D eigenvalue weighted by atomic mass is 9.96. The van der Waals surface area contributed by atoms with Gasteiger partial charge < -0.3 is 14.2 Å². The quantitative estimate of drug-likeness (QED) is 0.386. The third-order valence-corrected chi connectivity index (χ3v) is 2.93. The number of ether oxygens (including phenoxy) is 3. The molecule has 0 atom stereocenters. The van der Waals surface area contributed by atoms with E-state index in [1.165, 1.54) is 20.8 Å². The second-order valence-electron chi connectivity index (χ2n) is 5.98. The second kappa shape index (κ2) is 7.63. The van der Waals surface area contributed by atoms with Crippen LogP contribution >= 0.6 is 0 Å². The minimum Gasteiger partial charge on any atom is -0.462 e. The fraction of sp³-hybridized carbons (Fsp3) is 0.714. The van der Waals surface area contributed by atoms with Crippen LogP contribution in [0.4, 0.5) is 26.3 Å². The molecule has 0 aromatic heterocycles. The van der Waals surface area contributed by atoms with Gasteiger partial charge in [-0.1, -0.05) is 20.4 Å². The van der Waals surface area contributed by atoms with E-state index in [9.17, 15) is 35.9 Å². The fourth-order valence-electron chi connectivity index (χ4n) is 1.50. The van der Waals surface area contributed by atoms with E-state index in [2.05, 4.69) is 16.1 Å². The first kappa shape index (κ1) is 23.2. The van der Waals surface area contributed by atoms with Crippen LogP contribution in [0, 0.1) is 5.41 Å². The van der Waals surface area contributed by atoms with Crippen LogP contribution < -0.4 is 0 Å². The van der Waals surface area contributed by atoms with Gasteiger partial charge >= 0.3 is 29.9 Å². The molecule has 0 rings (SSSR count). The Morgan fingerprint density at radius 3 is 1.64 bits per heavy atom. The summed E-state index contributed by atoms with van der Waals surface area (Å²) in [5.74, 6) is -3.47. The van der Waals surface area contributed by atoms with E-state index in [1.807, 2.05) is 0 Å². The Labute approximate surface area is 139 Å². The van der Waals surface area contributed by atoms with Gasteiger partial charge in [0.05, 0.1) is 13.2 Å². The van der Waals surface area contributed by atoms with Crippen LogP contribution in [-0.4, -0.2) is 50.2 Å². The van der Waals surface area contributed by atoms with Crippen molar-refractivity contribution in [3.63, 3.8) is 0 Å². The lowest BCUT2D eigenvalue weighted by molar-refractivity contribution is -0.363. The van der Waals surface area contributed by atoms with E-state index < -0.39 is 48.5 Å². The molecular weight excluding hydrogens is 362 g/mol. The number of halogens is 6. The number of esters is 2. The van der Waals surface area contributed by atoms with Gasteiger partial charge in [-0.05, 0) is 6.92 Å². The summed E-state index contributed by atoms with van der Waals surface area (Å²) in [6.07, 6.45) is -12.2. The topological polar surface area (TPSA) is 61.8 Å². The lowest BCUT2D eigenvalue weighted by Crippen LogP contribution is -2.64. The van der Waals surface area contributed by atoms with Crippen LogP contribution in [0.2, 0.25) is 0 Å². The molecule has 0 radical (unpaired) electrons. The van der Waals surface area contributed by atoms with Crippen molar-refractivity contribution in [3.05, 3.63) is 12.2 Å². The summed E-state index contributed by atoms with van der Waals surface area (Å²) < 4.78 is 89.6. The van der Waals surface area contributed by atoms with E-state index in [4.69, 9.17) is 4.74 Å². The molecule has 11 heteroatoms. The van der Waals surface area contributed by atoms with Crippen molar-refractivity contribution in [2.24, 2.45) is 5.41 Å². The standard InChI is InChI=1S/C14H18F6O5/c1-8(2)9(21)24-6-11(3,4)7-25-10(22)12(23-5,13(15,16)17)14(18,19)20/h1,6-7H2,2-5H3. The molecule has 0 aliphatic heterocycles. The normalized spacial score (nSPS) is 13.4. The summed E-state index contributed by atoms with van der Waals surface area (Å²) in [6.45, 7) is 5.95. The molecule has 0 N–H and O–H groups in total. The molecule has 0 amide bonds. The number of rotatable bonds is 7. The molecule has 0 fully saturated rings. The summed E-state index contributed by atoms with van der Waals surface area (Å²) >= 11 is 0. The monoisotopic (exact) mass is 380 g/mol. The van der Waals surface area contributed by atoms with Crippen LogP contribution in [0.5, 0.6) is 0 Å². The Morgan fingerprint density at radius 2 is 1.32 bits per heavy atom. The summed E-state index contributed by atoms with van der Waals surface area (Å²) in [5, 5.41) is 0. The van der Waals surface area contributed by atoms with E-state index >= 15 is 0 Å². The predicted octanol–water partition coefficient (Wildman–Crippen LogP) is 3.18. The average molecular weight is 380 g/mol. The zero-order valence-electron chi connectivity index (χ0n) is 13.9. The van der Waals surface area contributed by atoms with E-state index in [0.29, 0.717) is 0 Å². The smallest absolute Gasteiger partial charge is 0.437 e. The summed E-state index contributed by atoms with van der Waals surface area (Å²) in [7, 11) is 0.0992. The van der Waals surface area contributed by atoms with Crippen LogP contribution in [-0.2, 0) is 23.8 Å². The highest BCUT2D eigenvalue weighted by molar-refractivity contribution is 5.87. The van der Waals surface area contributed by atoms with Gasteiger partial charge in [0.1, 0.15) is 0 Å². The maximum atomic E-state index is 12.9. The van der Waals surface area contributed by atoms with Gasteiger partial charge in [-0.25, -0.2) is 9.59 Å². The van der Waals surface area contributed by atoms with E-state index in [1.54, 1.807) is 0 Å². The molecule has 5 nitrogen and oxygen atoms in total. The highest BCUT2D eigenvalue weighted by Crippen LogP contribution is 2.46. The molecule has 0 aromatic carbocycles. The van der Waals surface area contributed by atoms with Crippen molar-refractivity contribution in [2.45, 2.75) is 38.7 Å². The Kier molecular flexibility index (Phi) is 7.08. The summed E-state index contributed by atoms with van der Waals surface area (Å²) in [5.41, 5.74) is -6.32. The third kappa shape index (κ3) is 5.35. The average Bonchev–Trinajstić information content (AvgIpc) is 2.40. The van der Waals surface area contributed by atoms with Crippen LogP contribution in [0.25, 0.3) is 0 Å². The van der Waals surface area contributed by atoms with Gasteiger partial charge in [-0.15, -0.1) is 0 Å². The number of hydrogen-bond acceptors (Lipinski definition) is 5. The molecule has 0 bridgehead atoms. The number of carbonyl (C=O) groups excluding carboxylic acids is 2. The first-order valence-corrected chi connectivity index (χ1v) is 6.70. The number of alkyl halides is 6. The molecule has 0 saturated heterocycles. The molecule has 0 aliphatic rings. The minimum atomic E-state index is -6.09. The fourth-order valence-corrected chi connectivity index (χ4v) is 1.50. The Hall–Kier alpha value is -1.78. The summed E-state index contributed by atoms with van der Waals surface area (Å²) in [4.78, 5) is 22.8. The number of hydrogen-bond donors (Lipinski definition) is 0. The molecule has 0 spiro atoms. The van der Waals surface area contributed by atoms with E-state index in [-0.39, 0.29) is 12.7 Å². The maximum absolute atomic E-state index is 12.9. The molecule has 0 saturated carbocycles. The highest BCUT2D eigenvalue weighted by atomic mass is 19.4. The van der Waals surface area contributed by atoms with Gasteiger partial charge in [-0.2, -0.15) is 26.3 Å². The zero-order valence-corrected chi connectivity index (χ0v) is 13.9. The minimum absolute atomic E-state index is 0.0420. The predicted molar refractivity (Wildman–Crippen MR) is 72.4 cm³/mol. The van der Waals surface area contributed by atoms with Crippen LogP contribution in [0.15, 0.2) is 12.2 Å². The molecule has 0 aromatic rings. The van der Waals surface area contributed by atoms with Crippen LogP contribution in [0.1, 0.15) is 20.8 Å². The van der Waals surface area contributed by atoms with Gasteiger partial charge in [-0.3, -0.25) is 0 Å². The van der Waals surface area contributed by atoms with Crippen molar-refractivity contribution < 1.29 is 50.1 Å². The zero-order chi connectivity index (χ0) is 20.3. The Morgan fingerprint density at radius 1 is 0.920 bits per heavy atom. The molecule has 25 heavy (non-hydrogen) atoms. The SMILES string of the molecule is C=C(C)C(=O)OCC(C)(C)COC(=O)C(OC)(C(F)(F)F)C(F)(F)F. The molecule has 0 unspecified atom stereocenters. The molecular formula is C14H18F6O5. The first-order chi connectivity index (χ1) is 11.0. The van der Waals surface area contributed by atoms with Gasteiger partial charge in [0.2, 0.25) is 0 Å². The van der Waals surface area contributed by atoms with Crippen molar-refractivity contribution in [3.8, 4) is 0 Å². The highest BCUT2D eigenvalue weighted by Gasteiger charge is 2.78. The second-order valence-corrected chi connectivity index (χ2v) is 5.98. The van der Waals surface area contributed by atoms with Gasteiger partial charge in [0, 0.05) is 18.1 Å². The summed E-state index contributed by atoms with van der Waals surface area (Å²) in [6, 6.07) is 0. The largest absolute Gasteiger partial charge is 0.462 e. The van der Waals surface area contributed by atoms with Crippen molar-refractivity contribution >= 4 is 11.9 Å². The Bertz CT molecular complexity index is 507. The Balaban J connectivity index is 5.22. The maximum Gasteiger partial charge on any atom is 0.437 e. The van der Waals surface area contributed by atoms with Crippen molar-refractivity contribution in [2.75, 3.05) is 20.3 Å². The lowest BCUT2D eigenvalue weighted by Gasteiger charge is -2.34. The number of carbonyl (C=O) groups is 2.